The van der Waals surface area contributed by atoms with Gasteiger partial charge >= 0.3 is 6.01 Å². The molecule has 430 valence electrons. The Balaban J connectivity index is 0.000000177. The number of terminal acetylenes is 1. The maximum Gasteiger partial charge on any atom is 0.319 e. The van der Waals surface area contributed by atoms with E-state index in [1.165, 1.54) is 24.2 Å². The molecule has 5 saturated heterocycles. The molecule has 0 aliphatic carbocycles. The molecule has 0 bridgehead atoms. The number of rotatable bonds is 13. The van der Waals surface area contributed by atoms with Crippen LogP contribution in [0.3, 0.4) is 0 Å². The summed E-state index contributed by atoms with van der Waals surface area (Å²) in [6.45, 7) is 7.83. The number of likely N-dealkylation sites (N-methyl/N-ethyl adjacent to an activating group) is 1. The summed E-state index contributed by atoms with van der Waals surface area (Å²) < 4.78 is 65.6. The molecule has 12 rings (SSSR count). The number of nitrogens with one attached hydrogen (secondary N) is 1. The lowest BCUT2D eigenvalue weighted by molar-refractivity contribution is -0.122. The molecule has 2 amide bonds. The first-order valence-corrected chi connectivity index (χ1v) is 28.8. The fourth-order valence-electron chi connectivity index (χ4n) is 13.5. The van der Waals surface area contributed by atoms with Gasteiger partial charge in [-0.15, -0.1) is 6.42 Å². The Kier molecular flexibility index (Phi) is 18.0. The lowest BCUT2D eigenvalue weighted by atomic mass is 9.83. The van der Waals surface area contributed by atoms with Gasteiger partial charge in [0.15, 0.2) is 17.5 Å². The highest BCUT2D eigenvalue weighted by atomic mass is 19.1. The van der Waals surface area contributed by atoms with Crippen molar-refractivity contribution in [3.63, 3.8) is 0 Å². The molecular weight excluding hydrogens is 1040 g/mol. The van der Waals surface area contributed by atoms with Gasteiger partial charge in [-0.3, -0.25) is 19.2 Å². The Morgan fingerprint density at radius 3 is 2.36 bits per heavy atom. The minimum Gasteiger partial charge on any atom is -0.461 e. The molecule has 20 heteroatoms. The lowest BCUT2D eigenvalue weighted by Crippen LogP contribution is -2.43. The highest BCUT2D eigenvalue weighted by Crippen LogP contribution is 2.43. The van der Waals surface area contributed by atoms with Gasteiger partial charge in [-0.2, -0.15) is 15.1 Å². The molecule has 0 saturated carbocycles. The number of likely N-dealkylation sites (tertiary alicyclic amines) is 1. The first-order chi connectivity index (χ1) is 39.4. The van der Waals surface area contributed by atoms with Crippen LogP contribution in [-0.2, 0) is 37.3 Å². The smallest absolute Gasteiger partial charge is 0.319 e. The standard InChI is InChI=1S/C34H33F2N5O2.C25H35FN6O3.C2H6O/c1-2-23-25(35)11-9-21-7-3-8-24(27(21)23)30-29(36)31-28-26(37-30)12-10-22-19-42-18-6-17-41(22)32(28)39-33(38-31)43-20-34-13-4-15-40(34)16-5-14-34;1-27-25(35)19(4-3-13-33)22-20-15-28-24(21(26)23(20)30(2)29-22)32-11-7-18(8-12-32)14-17-5-9-31(16-34)10-6-17;1-3-2/h1,3,7-9,11,22H,4-6,10,12-20H2;13,15-19H,3-12,14H2,1-2H3,(H,27,35);1-2H3. The van der Waals surface area contributed by atoms with Crippen LogP contribution in [-0.4, -0.2) is 157 Å². The molecular formula is C61H74F3N11O6. The average molecular weight is 1110 g/mol. The fraction of sp³-hybridized carbons (Fsp3) is 0.541. The van der Waals surface area contributed by atoms with E-state index in [-0.39, 0.29) is 46.7 Å². The zero-order valence-electron chi connectivity index (χ0n) is 47.0. The van der Waals surface area contributed by atoms with Crippen LogP contribution in [0.25, 0.3) is 43.8 Å². The maximum atomic E-state index is 16.9. The first-order valence-electron chi connectivity index (χ1n) is 28.8. The van der Waals surface area contributed by atoms with Crippen LogP contribution in [0.4, 0.5) is 24.8 Å². The Labute approximate surface area is 471 Å². The molecule has 17 nitrogen and oxygen atoms in total. The van der Waals surface area contributed by atoms with Crippen molar-refractivity contribution in [3.05, 3.63) is 70.9 Å². The summed E-state index contributed by atoms with van der Waals surface area (Å²) in [5.41, 5.74) is 2.30. The average Bonchev–Trinajstić information content (AvgIpc) is 4.14. The second-order valence-corrected chi connectivity index (χ2v) is 22.5. The number of aromatic nitrogens is 6. The van der Waals surface area contributed by atoms with Crippen LogP contribution in [0, 0.1) is 41.6 Å². The molecule has 2 unspecified atom stereocenters. The molecule has 2 atom stereocenters. The topological polar surface area (TPSA) is 173 Å². The normalized spacial score (nSPS) is 19.6. The number of aldehydes is 1. The van der Waals surface area contributed by atoms with E-state index in [0.29, 0.717) is 100 Å². The monoisotopic (exact) mass is 1110 g/mol. The van der Waals surface area contributed by atoms with Gasteiger partial charge in [0.2, 0.25) is 12.3 Å². The van der Waals surface area contributed by atoms with Gasteiger partial charge in [0.1, 0.15) is 41.3 Å². The molecule has 5 fully saturated rings. The van der Waals surface area contributed by atoms with Gasteiger partial charge in [0.25, 0.3) is 0 Å². The second-order valence-electron chi connectivity index (χ2n) is 22.5. The van der Waals surface area contributed by atoms with E-state index < -0.39 is 23.4 Å². The van der Waals surface area contributed by atoms with Gasteiger partial charge in [-0.1, -0.05) is 30.2 Å². The molecule has 10 heterocycles. The maximum absolute atomic E-state index is 16.9. The van der Waals surface area contributed by atoms with Crippen molar-refractivity contribution in [3.8, 4) is 29.6 Å². The lowest BCUT2D eigenvalue weighted by Gasteiger charge is -2.36. The number of carbonyl (C=O) groups is 3. The second kappa shape index (κ2) is 25.5. The molecule has 81 heavy (non-hydrogen) atoms. The van der Waals surface area contributed by atoms with E-state index in [4.69, 9.17) is 30.8 Å². The molecule has 6 aliphatic heterocycles. The minimum atomic E-state index is -0.643. The summed E-state index contributed by atoms with van der Waals surface area (Å²) in [6.07, 6.45) is 21.6. The number of methoxy groups -OCH3 is 1. The number of aryl methyl sites for hydroxylation is 2. The van der Waals surface area contributed by atoms with Gasteiger partial charge < -0.3 is 39.0 Å². The summed E-state index contributed by atoms with van der Waals surface area (Å²) in [7, 11) is 6.46. The van der Waals surface area contributed by atoms with Crippen LogP contribution in [0.5, 0.6) is 6.01 Å². The number of carbonyl (C=O) groups excluding carboxylic acids is 3. The summed E-state index contributed by atoms with van der Waals surface area (Å²) in [5, 5.41) is 9.38. The number of hydrogen-bond acceptors (Lipinski definition) is 14. The number of anilines is 2. The van der Waals surface area contributed by atoms with Crippen molar-refractivity contribution in [1.29, 1.82) is 0 Å². The summed E-state index contributed by atoms with van der Waals surface area (Å²) in [6, 6.07) is 8.66. The van der Waals surface area contributed by atoms with E-state index in [1.807, 2.05) is 21.9 Å². The van der Waals surface area contributed by atoms with Crippen molar-refractivity contribution in [2.75, 3.05) is 96.7 Å². The Hall–Kier alpha value is -6.95. The van der Waals surface area contributed by atoms with Crippen LogP contribution in [0.1, 0.15) is 106 Å². The van der Waals surface area contributed by atoms with Crippen LogP contribution >= 0.6 is 0 Å². The van der Waals surface area contributed by atoms with Crippen molar-refractivity contribution in [2.24, 2.45) is 18.9 Å². The molecule has 2 aromatic carbocycles. The molecule has 6 aromatic rings. The van der Waals surface area contributed by atoms with Gasteiger partial charge in [-0.05, 0) is 120 Å². The highest BCUT2D eigenvalue weighted by Gasteiger charge is 2.45. The summed E-state index contributed by atoms with van der Waals surface area (Å²) in [4.78, 5) is 62.0. The molecule has 4 aromatic heterocycles. The van der Waals surface area contributed by atoms with Gasteiger partial charge in [0, 0.05) is 96.6 Å². The zero-order valence-corrected chi connectivity index (χ0v) is 47.0. The van der Waals surface area contributed by atoms with E-state index >= 15 is 8.78 Å². The third-order valence-corrected chi connectivity index (χ3v) is 17.6. The molecule has 0 radical (unpaired) electrons. The Morgan fingerprint density at radius 1 is 0.914 bits per heavy atom. The number of ether oxygens (including phenoxy) is 3. The predicted octanol–water partition coefficient (Wildman–Crippen LogP) is 8.31. The number of benzene rings is 2. The number of nitrogens with zero attached hydrogens (tertiary/aromatic N) is 10. The van der Waals surface area contributed by atoms with Gasteiger partial charge in [0.05, 0.1) is 46.4 Å². The largest absolute Gasteiger partial charge is 0.461 e. The summed E-state index contributed by atoms with van der Waals surface area (Å²) >= 11 is 0. The third kappa shape index (κ3) is 11.6. The number of hydrogen-bond donors (Lipinski definition) is 1. The molecule has 0 spiro atoms. The van der Waals surface area contributed by atoms with Crippen LogP contribution < -0.4 is 19.9 Å². The first kappa shape index (κ1) is 57.3. The van der Waals surface area contributed by atoms with Crippen molar-refractivity contribution in [1.82, 2.24) is 44.8 Å². The number of fused-ring (bicyclic) bond motifs is 5. The van der Waals surface area contributed by atoms with E-state index in [1.54, 1.807) is 39.6 Å². The van der Waals surface area contributed by atoms with E-state index in [9.17, 15) is 18.8 Å². The number of halogens is 3. The number of pyridine rings is 2. The van der Waals surface area contributed by atoms with Crippen LogP contribution in [0.15, 0.2) is 36.5 Å². The Bertz CT molecular complexity index is 3290. The van der Waals surface area contributed by atoms with E-state index in [2.05, 4.69) is 35.9 Å². The SMILES string of the molecule is C#Cc1c(F)ccc2cccc(-c3nc4c5c(nc(OCC67CCCN6CCC7)nc5c3F)N3CCCOCC3CC4)c12.CNC(=O)C(CCC=O)c1nn(C)c2c(F)c(N3CCC(CC4CCN(C=O)CC4)CC3)ncc12.COC. The summed E-state index contributed by atoms with van der Waals surface area (Å²) in [5.74, 6) is 2.30. The quantitative estimate of drug-likeness (QED) is 0.0864. The van der Waals surface area contributed by atoms with Crippen LogP contribution in [0.2, 0.25) is 0 Å². The number of amides is 2. The molecule has 6 aliphatic rings. The zero-order chi connectivity index (χ0) is 56.8. The van der Waals surface area contributed by atoms with Crippen molar-refractivity contribution < 1.29 is 41.8 Å². The van der Waals surface area contributed by atoms with Crippen molar-refractivity contribution in [2.45, 2.75) is 107 Å². The fourth-order valence-corrected chi connectivity index (χ4v) is 13.5. The predicted molar refractivity (Wildman–Crippen MR) is 305 cm³/mol. The van der Waals surface area contributed by atoms with E-state index in [0.717, 1.165) is 123 Å². The third-order valence-electron chi connectivity index (χ3n) is 17.6. The Morgan fingerprint density at radius 2 is 1.65 bits per heavy atom. The minimum absolute atomic E-state index is 0.00280. The van der Waals surface area contributed by atoms with Gasteiger partial charge in [-0.25, -0.2) is 23.1 Å². The van der Waals surface area contributed by atoms with Crippen molar-refractivity contribution >= 4 is 62.8 Å². The number of piperidine rings is 2. The molecule has 1 N–H and O–H groups in total. The highest BCUT2D eigenvalue weighted by molar-refractivity contribution is 6.03.